The van der Waals surface area contributed by atoms with Crippen molar-refractivity contribution < 1.29 is 13.2 Å². The third-order valence-electron chi connectivity index (χ3n) is 2.06. The Balaban J connectivity index is 2.66. The second-order valence-electron chi connectivity index (χ2n) is 2.98. The second kappa shape index (κ2) is 3.38. The highest BCUT2D eigenvalue weighted by atomic mass is 19.3. The van der Waals surface area contributed by atoms with Crippen LogP contribution in [0.1, 0.15) is 17.7 Å². The molecule has 2 N–H and O–H groups in total. The number of rotatable bonds is 2. The smallest absolute Gasteiger partial charge is 0.267 e. The van der Waals surface area contributed by atoms with Crippen molar-refractivity contribution in [1.82, 2.24) is 0 Å². The topological polar surface area (TPSA) is 39.2 Å². The summed E-state index contributed by atoms with van der Waals surface area (Å²) in [6, 6.07) is 6.35. The minimum atomic E-state index is -2.52. The molecule has 0 aliphatic carbocycles. The molecule has 0 fully saturated rings. The summed E-state index contributed by atoms with van der Waals surface area (Å²) in [5.74, 6) is 0.521. The molecule has 0 aliphatic rings. The van der Waals surface area contributed by atoms with Gasteiger partial charge in [0.2, 0.25) is 0 Å². The molecule has 0 spiro atoms. The molecule has 0 aliphatic heterocycles. The lowest BCUT2D eigenvalue weighted by Gasteiger charge is -1.98. The van der Waals surface area contributed by atoms with E-state index >= 15 is 0 Å². The van der Waals surface area contributed by atoms with Gasteiger partial charge >= 0.3 is 0 Å². The van der Waals surface area contributed by atoms with Crippen LogP contribution in [0.3, 0.4) is 0 Å². The van der Waals surface area contributed by atoms with Crippen LogP contribution >= 0.6 is 0 Å². The van der Waals surface area contributed by atoms with Gasteiger partial charge in [-0.1, -0.05) is 12.1 Å². The number of fused-ring (bicyclic) bond motifs is 1. The maximum atomic E-state index is 12.5. The van der Waals surface area contributed by atoms with Gasteiger partial charge in [-0.05, 0) is 12.1 Å². The SMILES string of the molecule is NCc1cc2cccc(C(F)F)c2o1. The summed E-state index contributed by atoms with van der Waals surface area (Å²) in [6.07, 6.45) is -2.52. The molecule has 0 saturated heterocycles. The third-order valence-corrected chi connectivity index (χ3v) is 2.06. The largest absolute Gasteiger partial charge is 0.459 e. The van der Waals surface area contributed by atoms with E-state index in [-0.39, 0.29) is 17.7 Å². The third kappa shape index (κ3) is 1.37. The Hall–Kier alpha value is -1.42. The molecule has 2 aromatic rings. The first-order valence-electron chi connectivity index (χ1n) is 4.22. The minimum absolute atomic E-state index is 0.0813. The molecule has 2 nitrogen and oxygen atoms in total. The van der Waals surface area contributed by atoms with Crippen molar-refractivity contribution in [3.8, 4) is 0 Å². The van der Waals surface area contributed by atoms with E-state index in [4.69, 9.17) is 10.2 Å². The Morgan fingerprint density at radius 2 is 2.14 bits per heavy atom. The van der Waals surface area contributed by atoms with Crippen molar-refractivity contribution >= 4 is 11.0 Å². The number of hydrogen-bond donors (Lipinski definition) is 1. The summed E-state index contributed by atoms with van der Waals surface area (Å²) in [6.45, 7) is 0.220. The Morgan fingerprint density at radius 1 is 1.36 bits per heavy atom. The van der Waals surface area contributed by atoms with Gasteiger partial charge in [0, 0.05) is 5.39 Å². The molecule has 2 rings (SSSR count). The van der Waals surface area contributed by atoms with Crippen molar-refractivity contribution in [3.05, 3.63) is 35.6 Å². The van der Waals surface area contributed by atoms with Gasteiger partial charge in [0.05, 0.1) is 12.1 Å². The lowest BCUT2D eigenvalue weighted by atomic mass is 10.1. The molecule has 1 aromatic carbocycles. The number of furan rings is 1. The van der Waals surface area contributed by atoms with E-state index in [0.717, 1.165) is 0 Å². The zero-order chi connectivity index (χ0) is 10.1. The quantitative estimate of drug-likeness (QED) is 0.803. The number of nitrogens with two attached hydrogens (primary N) is 1. The summed E-state index contributed by atoms with van der Waals surface area (Å²) in [7, 11) is 0. The van der Waals surface area contributed by atoms with Gasteiger partial charge in [-0.15, -0.1) is 0 Å². The first kappa shape index (κ1) is 9.15. The Bertz CT molecular complexity index is 450. The lowest BCUT2D eigenvalue weighted by Crippen LogP contribution is -1.92. The molecule has 0 bridgehead atoms. The van der Waals surface area contributed by atoms with Crippen LogP contribution in [-0.4, -0.2) is 0 Å². The Morgan fingerprint density at radius 3 is 2.79 bits per heavy atom. The number of alkyl halides is 2. The van der Waals surface area contributed by atoms with Crippen molar-refractivity contribution in [1.29, 1.82) is 0 Å². The summed E-state index contributed by atoms with van der Waals surface area (Å²) in [5.41, 5.74) is 5.52. The average Bonchev–Trinajstić information content (AvgIpc) is 2.59. The fraction of sp³-hybridized carbons (Fsp3) is 0.200. The van der Waals surface area contributed by atoms with Crippen LogP contribution in [0.5, 0.6) is 0 Å². The van der Waals surface area contributed by atoms with Gasteiger partial charge in [-0.2, -0.15) is 0 Å². The van der Waals surface area contributed by atoms with Crippen LogP contribution in [0.2, 0.25) is 0 Å². The zero-order valence-electron chi connectivity index (χ0n) is 7.34. The average molecular weight is 197 g/mol. The summed E-state index contributed by atoms with van der Waals surface area (Å²) >= 11 is 0. The standard InChI is InChI=1S/C10H9F2NO/c11-10(12)8-3-1-2-6-4-7(5-13)14-9(6)8/h1-4,10H,5,13H2. The molecule has 1 heterocycles. The zero-order valence-corrected chi connectivity index (χ0v) is 7.34. The highest BCUT2D eigenvalue weighted by molar-refractivity contribution is 5.81. The van der Waals surface area contributed by atoms with Crippen LogP contribution in [0.15, 0.2) is 28.7 Å². The fourth-order valence-corrected chi connectivity index (χ4v) is 1.41. The molecule has 0 atom stereocenters. The molecule has 0 amide bonds. The maximum Gasteiger partial charge on any atom is 0.267 e. The van der Waals surface area contributed by atoms with Crippen LogP contribution in [0.4, 0.5) is 8.78 Å². The summed E-state index contributed by atoms with van der Waals surface area (Å²) < 4.78 is 30.2. The van der Waals surface area contributed by atoms with Gasteiger partial charge in [0.1, 0.15) is 11.3 Å². The predicted molar refractivity (Wildman–Crippen MR) is 49.1 cm³/mol. The van der Waals surface area contributed by atoms with Gasteiger partial charge < -0.3 is 10.2 Å². The van der Waals surface area contributed by atoms with E-state index in [1.165, 1.54) is 6.07 Å². The second-order valence-corrected chi connectivity index (χ2v) is 2.98. The highest BCUT2D eigenvalue weighted by Crippen LogP contribution is 2.29. The van der Waals surface area contributed by atoms with E-state index in [9.17, 15) is 8.78 Å². The van der Waals surface area contributed by atoms with Crippen molar-refractivity contribution in [2.24, 2.45) is 5.73 Å². The summed E-state index contributed by atoms with van der Waals surface area (Å²) in [5, 5.41) is 0.670. The monoisotopic (exact) mass is 197 g/mol. The predicted octanol–water partition coefficient (Wildman–Crippen LogP) is 2.83. The van der Waals surface area contributed by atoms with Crippen LogP contribution < -0.4 is 5.73 Å². The number of para-hydroxylation sites is 1. The van der Waals surface area contributed by atoms with Gasteiger partial charge in [0.15, 0.2) is 0 Å². The van der Waals surface area contributed by atoms with E-state index in [1.54, 1.807) is 18.2 Å². The number of hydrogen-bond acceptors (Lipinski definition) is 2. The number of benzene rings is 1. The van der Waals surface area contributed by atoms with Gasteiger partial charge in [-0.25, -0.2) is 8.78 Å². The van der Waals surface area contributed by atoms with Crippen molar-refractivity contribution in [2.75, 3.05) is 0 Å². The van der Waals surface area contributed by atoms with E-state index in [1.807, 2.05) is 0 Å². The molecule has 0 saturated carbocycles. The molecule has 1 aromatic heterocycles. The fourth-order valence-electron chi connectivity index (χ4n) is 1.41. The highest BCUT2D eigenvalue weighted by Gasteiger charge is 2.14. The van der Waals surface area contributed by atoms with Crippen molar-refractivity contribution in [3.63, 3.8) is 0 Å². The van der Waals surface area contributed by atoms with E-state index in [2.05, 4.69) is 0 Å². The first-order valence-corrected chi connectivity index (χ1v) is 4.22. The molecule has 0 unspecified atom stereocenters. The molecule has 0 radical (unpaired) electrons. The molecular formula is C10H9F2NO. The van der Waals surface area contributed by atoms with E-state index < -0.39 is 6.43 Å². The van der Waals surface area contributed by atoms with Crippen LogP contribution in [0.25, 0.3) is 11.0 Å². The molecule has 14 heavy (non-hydrogen) atoms. The van der Waals surface area contributed by atoms with Crippen LogP contribution in [0, 0.1) is 0 Å². The first-order chi connectivity index (χ1) is 6.72. The minimum Gasteiger partial charge on any atom is -0.459 e. The Labute approximate surface area is 79.3 Å². The molecule has 74 valence electrons. The Kier molecular flexibility index (Phi) is 2.21. The van der Waals surface area contributed by atoms with Gasteiger partial charge in [-0.3, -0.25) is 0 Å². The van der Waals surface area contributed by atoms with E-state index in [0.29, 0.717) is 11.1 Å². The van der Waals surface area contributed by atoms with Crippen LogP contribution in [-0.2, 0) is 6.54 Å². The lowest BCUT2D eigenvalue weighted by molar-refractivity contribution is 0.151. The molecule has 4 heteroatoms. The normalized spacial score (nSPS) is 11.4. The maximum absolute atomic E-state index is 12.5. The van der Waals surface area contributed by atoms with Gasteiger partial charge in [0.25, 0.3) is 6.43 Å². The summed E-state index contributed by atoms with van der Waals surface area (Å²) in [4.78, 5) is 0. The molecular weight excluding hydrogens is 188 g/mol. The van der Waals surface area contributed by atoms with Crippen molar-refractivity contribution in [2.45, 2.75) is 13.0 Å². The number of halogens is 2.